The van der Waals surface area contributed by atoms with Crippen LogP contribution in [0.2, 0.25) is 0 Å². The summed E-state index contributed by atoms with van der Waals surface area (Å²) in [5.74, 6) is 2.77. The molecular weight excluding hydrogens is 166 g/mol. The Morgan fingerprint density at radius 1 is 1.33 bits per heavy atom. The lowest BCUT2D eigenvalue weighted by Crippen LogP contribution is -2.49. The maximum atomic E-state index is 10.6. The van der Waals surface area contributed by atoms with Gasteiger partial charge in [0.05, 0.1) is 6.54 Å². The van der Waals surface area contributed by atoms with E-state index in [9.17, 15) is 9.59 Å². The van der Waals surface area contributed by atoms with Gasteiger partial charge in [0.2, 0.25) is 0 Å². The fourth-order valence-electron chi connectivity index (χ4n) is 0.526. The normalized spacial score (nSPS) is 15.0. The Bertz CT molecular complexity index is 164. The Labute approximate surface area is 68.3 Å². The number of carbonyl (C=O) groups is 2. The summed E-state index contributed by atoms with van der Waals surface area (Å²) >= 11 is 0. The van der Waals surface area contributed by atoms with E-state index in [0.717, 1.165) is 0 Å². The molecule has 0 saturated heterocycles. The van der Waals surface area contributed by atoms with Crippen molar-refractivity contribution in [1.82, 2.24) is 5.43 Å². The van der Waals surface area contributed by atoms with Crippen LogP contribution >= 0.6 is 0 Å². The molecule has 7 heteroatoms. The van der Waals surface area contributed by atoms with Gasteiger partial charge in [-0.2, -0.15) is 0 Å². The molecule has 12 heavy (non-hydrogen) atoms. The molecule has 7 nitrogen and oxygen atoms in total. The van der Waals surface area contributed by atoms with Gasteiger partial charge in [-0.15, -0.1) is 0 Å². The van der Waals surface area contributed by atoms with E-state index < -0.39 is 30.4 Å². The molecule has 2 atom stereocenters. The van der Waals surface area contributed by atoms with Crippen molar-refractivity contribution in [3.05, 3.63) is 0 Å². The van der Waals surface area contributed by atoms with E-state index in [0.29, 0.717) is 0 Å². The number of aliphatic hydroxyl groups is 2. The number of rotatable bonds is 4. The molecule has 0 aromatic carbocycles. The van der Waals surface area contributed by atoms with Crippen LogP contribution < -0.4 is 17.0 Å². The highest BCUT2D eigenvalue weighted by molar-refractivity contribution is 5.92. The molecule has 0 fully saturated rings. The quantitative estimate of drug-likeness (QED) is 0.170. The molecule has 0 aromatic rings. The van der Waals surface area contributed by atoms with Gasteiger partial charge in [0, 0.05) is 0 Å². The van der Waals surface area contributed by atoms with Crippen LogP contribution in [-0.4, -0.2) is 40.7 Å². The van der Waals surface area contributed by atoms with E-state index in [2.05, 4.69) is 5.84 Å². The monoisotopic (exact) mass is 177 g/mol. The Hall–Kier alpha value is -1.02. The molecule has 1 amide bonds. The Morgan fingerprint density at radius 3 is 2.17 bits per heavy atom. The van der Waals surface area contributed by atoms with Gasteiger partial charge in [-0.05, 0) is 0 Å². The Balaban J connectivity index is 4.18. The topological polar surface area (TPSA) is 139 Å². The van der Waals surface area contributed by atoms with Crippen LogP contribution in [0.5, 0.6) is 0 Å². The molecule has 0 aliphatic rings. The smallest absolute Gasteiger partial charge is 0.265 e. The molecule has 0 aliphatic carbocycles. The third kappa shape index (κ3) is 2.55. The predicted octanol–water partition coefficient (Wildman–Crippen LogP) is -3.77. The maximum absolute atomic E-state index is 10.6. The molecule has 70 valence electrons. The van der Waals surface area contributed by atoms with E-state index in [1.807, 2.05) is 0 Å². The lowest BCUT2D eigenvalue weighted by molar-refractivity contribution is -0.144. The van der Waals surface area contributed by atoms with Gasteiger partial charge < -0.3 is 15.9 Å². The summed E-state index contributed by atoms with van der Waals surface area (Å²) in [4.78, 5) is 21.2. The van der Waals surface area contributed by atoms with Crippen LogP contribution in [0.3, 0.4) is 0 Å². The molecule has 0 heterocycles. The molecule has 0 aliphatic heterocycles. The molecule has 0 bridgehead atoms. The van der Waals surface area contributed by atoms with Gasteiger partial charge in [0.1, 0.15) is 6.10 Å². The lowest BCUT2D eigenvalue weighted by Gasteiger charge is -2.13. The lowest BCUT2D eigenvalue weighted by atomic mass is 10.1. The number of hydrogen-bond acceptors (Lipinski definition) is 6. The van der Waals surface area contributed by atoms with Crippen molar-refractivity contribution in [2.45, 2.75) is 12.2 Å². The molecule has 0 rings (SSSR count). The number of nitrogens with one attached hydrogen (secondary N) is 1. The van der Waals surface area contributed by atoms with E-state index in [4.69, 9.17) is 15.9 Å². The van der Waals surface area contributed by atoms with Crippen LogP contribution in [-0.2, 0) is 9.59 Å². The summed E-state index contributed by atoms with van der Waals surface area (Å²) in [7, 11) is 0. The van der Waals surface area contributed by atoms with Gasteiger partial charge in [-0.1, -0.05) is 0 Å². The fraction of sp³-hybridized carbons (Fsp3) is 0.600. The van der Waals surface area contributed by atoms with E-state index in [1.54, 1.807) is 5.43 Å². The maximum Gasteiger partial charge on any atom is 0.265 e. The first-order valence-electron chi connectivity index (χ1n) is 3.14. The van der Waals surface area contributed by atoms with Crippen molar-refractivity contribution in [1.29, 1.82) is 0 Å². The van der Waals surface area contributed by atoms with Crippen molar-refractivity contribution in [2.75, 3.05) is 6.54 Å². The predicted molar refractivity (Wildman–Crippen MR) is 38.4 cm³/mol. The van der Waals surface area contributed by atoms with Gasteiger partial charge >= 0.3 is 0 Å². The number of ketones is 1. The minimum atomic E-state index is -1.87. The number of Topliss-reactive ketones (excluding diaryl/α,β-unsaturated/α-hetero) is 1. The molecular formula is C5H11N3O4. The van der Waals surface area contributed by atoms with Crippen LogP contribution in [0.4, 0.5) is 0 Å². The number of nitrogens with two attached hydrogens (primary N) is 2. The van der Waals surface area contributed by atoms with Crippen LogP contribution in [0.25, 0.3) is 0 Å². The zero-order valence-electron chi connectivity index (χ0n) is 6.23. The van der Waals surface area contributed by atoms with E-state index in [-0.39, 0.29) is 0 Å². The number of aliphatic hydroxyl groups excluding tert-OH is 2. The summed E-state index contributed by atoms with van der Waals surface area (Å²) in [6.07, 6.45) is -3.69. The molecule has 0 radical (unpaired) electrons. The van der Waals surface area contributed by atoms with Gasteiger partial charge in [0.25, 0.3) is 5.91 Å². The van der Waals surface area contributed by atoms with Crippen molar-refractivity contribution < 1.29 is 19.8 Å². The van der Waals surface area contributed by atoms with Gasteiger partial charge in [-0.3, -0.25) is 15.0 Å². The first-order chi connectivity index (χ1) is 5.54. The highest BCUT2D eigenvalue weighted by atomic mass is 16.3. The molecule has 7 N–H and O–H groups in total. The summed E-state index contributed by atoms with van der Waals surface area (Å²) in [6.45, 7) is -0.448. The minimum Gasteiger partial charge on any atom is -0.382 e. The van der Waals surface area contributed by atoms with Gasteiger partial charge in [0.15, 0.2) is 11.9 Å². The zero-order valence-corrected chi connectivity index (χ0v) is 6.23. The third-order valence-electron chi connectivity index (χ3n) is 1.24. The number of amides is 1. The van der Waals surface area contributed by atoms with Crippen LogP contribution in [0.15, 0.2) is 0 Å². The SMILES string of the molecule is NCC(=O)C(O)C(O)C(=O)NN. The van der Waals surface area contributed by atoms with Crippen molar-refractivity contribution in [3.63, 3.8) is 0 Å². The molecule has 2 unspecified atom stereocenters. The van der Waals surface area contributed by atoms with E-state index in [1.165, 1.54) is 0 Å². The second kappa shape index (κ2) is 4.78. The summed E-state index contributed by atoms with van der Waals surface area (Å²) in [5.41, 5.74) is 6.45. The Kier molecular flexibility index (Phi) is 4.37. The first-order valence-corrected chi connectivity index (χ1v) is 3.14. The van der Waals surface area contributed by atoms with Crippen molar-refractivity contribution >= 4 is 11.7 Å². The fourth-order valence-corrected chi connectivity index (χ4v) is 0.526. The average molecular weight is 177 g/mol. The minimum absolute atomic E-state index is 0.448. The summed E-state index contributed by atoms with van der Waals surface area (Å²) in [6, 6.07) is 0. The number of carbonyl (C=O) groups excluding carboxylic acids is 2. The molecule has 0 saturated carbocycles. The number of hydrogen-bond donors (Lipinski definition) is 5. The van der Waals surface area contributed by atoms with Crippen molar-refractivity contribution in [3.8, 4) is 0 Å². The zero-order chi connectivity index (χ0) is 9.72. The second-order valence-corrected chi connectivity index (χ2v) is 2.07. The van der Waals surface area contributed by atoms with Crippen LogP contribution in [0, 0.1) is 0 Å². The van der Waals surface area contributed by atoms with Gasteiger partial charge in [-0.25, -0.2) is 5.84 Å². The summed E-state index contributed by atoms with van der Waals surface area (Å²) < 4.78 is 0. The van der Waals surface area contributed by atoms with E-state index >= 15 is 0 Å². The average Bonchev–Trinajstić information content (AvgIpc) is 2.12. The molecule has 0 spiro atoms. The largest absolute Gasteiger partial charge is 0.382 e. The third-order valence-corrected chi connectivity index (χ3v) is 1.24. The number of hydrazine groups is 1. The standard InChI is InChI=1S/C5H11N3O4/c6-1-2(9)3(10)4(11)5(12)8-7/h3-4,10-11H,1,6-7H2,(H,8,12). The Morgan fingerprint density at radius 2 is 1.83 bits per heavy atom. The highest BCUT2D eigenvalue weighted by Crippen LogP contribution is 1.93. The van der Waals surface area contributed by atoms with Crippen molar-refractivity contribution in [2.24, 2.45) is 11.6 Å². The summed E-state index contributed by atoms with van der Waals surface area (Å²) in [5, 5.41) is 17.8. The van der Waals surface area contributed by atoms with Crippen LogP contribution in [0.1, 0.15) is 0 Å². The highest BCUT2D eigenvalue weighted by Gasteiger charge is 2.28. The second-order valence-electron chi connectivity index (χ2n) is 2.07. The molecule has 0 aromatic heterocycles. The first kappa shape index (κ1) is 11.0.